The number of fused-ring (bicyclic) bond motifs is 7. The van der Waals surface area contributed by atoms with Gasteiger partial charge in [-0.25, -0.2) is 0 Å². The summed E-state index contributed by atoms with van der Waals surface area (Å²) < 4.78 is 2.55. The van der Waals surface area contributed by atoms with E-state index < -0.39 is 0 Å². The molecule has 0 fully saturated rings. The van der Waals surface area contributed by atoms with Crippen molar-refractivity contribution in [1.82, 2.24) is 4.57 Å². The molecule has 0 amide bonds. The lowest BCUT2D eigenvalue weighted by Gasteiger charge is -2.30. The van der Waals surface area contributed by atoms with E-state index in [2.05, 4.69) is 253 Å². The minimum Gasteiger partial charge on any atom is -0.355 e. The zero-order chi connectivity index (χ0) is 41.0. The number of rotatable bonds is 8. The molecule has 0 bridgehead atoms. The molecule has 1 radical (unpaired) electrons. The van der Waals surface area contributed by atoms with Gasteiger partial charge in [0, 0.05) is 50.2 Å². The lowest BCUT2D eigenvalue weighted by atomic mass is 9.59. The Morgan fingerprint density at radius 1 is 0.419 bits per heavy atom. The number of aromatic nitrogens is 1. The maximum absolute atomic E-state index is 3.79. The lowest BCUT2D eigenvalue weighted by molar-refractivity contribution is 1.20. The Morgan fingerprint density at radius 2 is 0.984 bits per heavy atom. The largest absolute Gasteiger partial charge is 0.355 e. The molecule has 1 aliphatic heterocycles. The van der Waals surface area contributed by atoms with Gasteiger partial charge in [-0.1, -0.05) is 181 Å². The molecule has 0 atom stereocenters. The molecule has 1 aromatic heterocycles. The van der Waals surface area contributed by atoms with E-state index in [1.807, 2.05) is 0 Å². The third-order valence-electron chi connectivity index (χ3n) is 12.4. The summed E-state index contributed by atoms with van der Waals surface area (Å²) in [5.41, 5.74) is 18.4. The molecule has 12 rings (SSSR count). The first-order valence-electron chi connectivity index (χ1n) is 21.3. The summed E-state index contributed by atoms with van der Waals surface area (Å²) in [6.45, 7) is 0. The van der Waals surface area contributed by atoms with Crippen LogP contribution in [0, 0.1) is 0 Å². The molecule has 0 aliphatic carbocycles. The minimum absolute atomic E-state index is 1.04. The van der Waals surface area contributed by atoms with Crippen LogP contribution in [0.1, 0.15) is 0 Å². The molecule has 4 heteroatoms. The van der Waals surface area contributed by atoms with Crippen molar-refractivity contribution in [3.05, 3.63) is 231 Å². The molecule has 0 spiro atoms. The van der Waals surface area contributed by atoms with Crippen LogP contribution in [-0.2, 0) is 0 Å². The highest BCUT2D eigenvalue weighted by Crippen LogP contribution is 2.48. The van der Waals surface area contributed by atoms with Crippen molar-refractivity contribution in [3.8, 4) is 39.1 Å². The number of para-hydroxylation sites is 3. The quantitative estimate of drug-likeness (QED) is 0.155. The van der Waals surface area contributed by atoms with Crippen LogP contribution >= 0.6 is 0 Å². The van der Waals surface area contributed by atoms with Gasteiger partial charge in [0.1, 0.15) is 0 Å². The van der Waals surface area contributed by atoms with Crippen molar-refractivity contribution < 1.29 is 0 Å². The molecule has 1 N–H and O–H groups in total. The van der Waals surface area contributed by atoms with Crippen molar-refractivity contribution in [2.75, 3.05) is 10.2 Å². The zero-order valence-electron chi connectivity index (χ0n) is 33.9. The summed E-state index contributed by atoms with van der Waals surface area (Å²) in [5.74, 6) is 0. The minimum atomic E-state index is 1.04. The maximum atomic E-state index is 3.79. The van der Waals surface area contributed by atoms with Crippen LogP contribution in [0.2, 0.25) is 0 Å². The Balaban J connectivity index is 1.20. The van der Waals surface area contributed by atoms with Gasteiger partial charge in [-0.2, -0.15) is 0 Å². The van der Waals surface area contributed by atoms with Crippen LogP contribution < -0.4 is 21.1 Å². The summed E-state index contributed by atoms with van der Waals surface area (Å²) in [6.07, 6.45) is 0. The second-order valence-electron chi connectivity index (χ2n) is 16.0. The highest BCUT2D eigenvalue weighted by atomic mass is 15.1. The second kappa shape index (κ2) is 14.9. The van der Waals surface area contributed by atoms with Crippen molar-refractivity contribution >= 4 is 79.2 Å². The fourth-order valence-corrected chi connectivity index (χ4v) is 9.53. The Labute approximate surface area is 362 Å². The Hall–Kier alpha value is -8.08. The average Bonchev–Trinajstić information content (AvgIpc) is 3.71. The van der Waals surface area contributed by atoms with E-state index in [1.165, 1.54) is 71.4 Å². The highest BCUT2D eigenvalue weighted by Gasteiger charge is 2.31. The number of nitrogens with zero attached hydrogens (tertiary/aromatic N) is 2. The normalized spacial score (nSPS) is 11.7. The van der Waals surface area contributed by atoms with Crippen LogP contribution in [0.3, 0.4) is 0 Å². The van der Waals surface area contributed by atoms with E-state index in [4.69, 9.17) is 0 Å². The molecular weight excluding hydrogens is 749 g/mol. The fraction of sp³-hybridized carbons (Fsp3) is 0. The van der Waals surface area contributed by atoms with E-state index in [1.54, 1.807) is 0 Å². The summed E-state index contributed by atoms with van der Waals surface area (Å²) >= 11 is 0. The predicted octanol–water partition coefficient (Wildman–Crippen LogP) is 14.1. The molecule has 62 heavy (non-hydrogen) atoms. The Morgan fingerprint density at radius 3 is 1.68 bits per heavy atom. The molecule has 1 aliphatic rings. The number of hydrogen-bond acceptors (Lipinski definition) is 2. The van der Waals surface area contributed by atoms with E-state index in [9.17, 15) is 0 Å². The van der Waals surface area contributed by atoms with Crippen LogP contribution in [0.25, 0.3) is 71.6 Å². The van der Waals surface area contributed by atoms with Gasteiger partial charge in [0.15, 0.2) is 7.28 Å². The van der Waals surface area contributed by atoms with E-state index >= 15 is 0 Å². The van der Waals surface area contributed by atoms with Gasteiger partial charge < -0.3 is 14.8 Å². The molecule has 2 heterocycles. The Kier molecular flexibility index (Phi) is 8.60. The zero-order valence-corrected chi connectivity index (χ0v) is 33.9. The first-order valence-corrected chi connectivity index (χ1v) is 21.3. The van der Waals surface area contributed by atoms with E-state index in [-0.39, 0.29) is 0 Å². The van der Waals surface area contributed by atoms with E-state index in [0.717, 1.165) is 39.6 Å². The summed E-state index contributed by atoms with van der Waals surface area (Å²) in [4.78, 5) is 2.47. The number of anilines is 5. The van der Waals surface area contributed by atoms with Crippen molar-refractivity contribution in [1.29, 1.82) is 0 Å². The number of benzene rings is 10. The van der Waals surface area contributed by atoms with Crippen LogP contribution in [0.5, 0.6) is 0 Å². The first-order chi connectivity index (χ1) is 30.8. The SMILES string of the molecule is [B]1c2ccccc2-n2c3c1c(-c1ccccc1Nc1ccccc1)cc(N(c1ccc(-c4ccccc4)cc1)c1ccc(-c4ccccc4)cc1)c3c1ccc3ccccc3c12. The first kappa shape index (κ1) is 35.8. The van der Waals surface area contributed by atoms with Crippen LogP contribution in [0.4, 0.5) is 28.4 Å². The molecule has 0 saturated heterocycles. The number of hydrogen-bond donors (Lipinski definition) is 1. The van der Waals surface area contributed by atoms with Gasteiger partial charge in [0.25, 0.3) is 0 Å². The van der Waals surface area contributed by atoms with Crippen molar-refractivity contribution in [2.45, 2.75) is 0 Å². The Bertz CT molecular complexity index is 3350. The molecule has 3 nitrogen and oxygen atoms in total. The molecule has 10 aromatic carbocycles. The van der Waals surface area contributed by atoms with Gasteiger partial charge in [-0.05, 0) is 93.3 Å². The maximum Gasteiger partial charge on any atom is 0.197 e. The van der Waals surface area contributed by atoms with Crippen LogP contribution in [-0.4, -0.2) is 11.8 Å². The van der Waals surface area contributed by atoms with Crippen LogP contribution in [0.15, 0.2) is 231 Å². The average molecular weight is 789 g/mol. The topological polar surface area (TPSA) is 20.2 Å². The molecule has 0 unspecified atom stereocenters. The van der Waals surface area contributed by atoms with Gasteiger partial charge in [-0.3, -0.25) is 0 Å². The third kappa shape index (κ3) is 5.99. The summed E-state index contributed by atoms with van der Waals surface area (Å²) in [5, 5.41) is 8.67. The third-order valence-corrected chi connectivity index (χ3v) is 12.4. The summed E-state index contributed by atoms with van der Waals surface area (Å²) in [6, 6.07) is 83.4. The van der Waals surface area contributed by atoms with E-state index in [0.29, 0.717) is 0 Å². The van der Waals surface area contributed by atoms with Gasteiger partial charge in [0.05, 0.1) is 16.7 Å². The second-order valence-corrected chi connectivity index (χ2v) is 16.0. The molecule has 11 aromatic rings. The van der Waals surface area contributed by atoms with Gasteiger partial charge >= 0.3 is 0 Å². The molecule has 0 saturated carbocycles. The molecule has 289 valence electrons. The standard InChI is InChI=1S/C58H39BN3/c1-4-16-39(17-5-1)41-28-33-45(34-29-41)61(46-35-30-42(31-36-46)40-18-6-2-7-19-40)54-38-50(48-24-12-14-26-52(48)60-44-21-8-3-9-22-44)56-58-55(54)49-37-32-43-20-10-11-23-47(43)57(49)62(58)53-27-15-13-25-51(53)59-56/h1-38,60H. The fourth-order valence-electron chi connectivity index (χ4n) is 9.53. The summed E-state index contributed by atoms with van der Waals surface area (Å²) in [7, 11) is 2.41. The van der Waals surface area contributed by atoms with Gasteiger partial charge in [-0.15, -0.1) is 0 Å². The smallest absolute Gasteiger partial charge is 0.197 e. The highest BCUT2D eigenvalue weighted by molar-refractivity contribution is 6.73. The van der Waals surface area contributed by atoms with Gasteiger partial charge in [0.2, 0.25) is 0 Å². The predicted molar refractivity (Wildman–Crippen MR) is 264 cm³/mol. The lowest BCUT2D eigenvalue weighted by Crippen LogP contribution is -2.37. The number of nitrogens with one attached hydrogen (secondary N) is 1. The molecular formula is C58H39BN3. The monoisotopic (exact) mass is 788 g/mol. The van der Waals surface area contributed by atoms with Crippen molar-refractivity contribution in [3.63, 3.8) is 0 Å². The van der Waals surface area contributed by atoms with Crippen molar-refractivity contribution in [2.24, 2.45) is 0 Å².